The smallest absolute Gasteiger partial charge is 0.265 e. The molecule has 0 aliphatic rings. The molecular formula is C43H40ClN7O7S. The van der Waals surface area contributed by atoms with Gasteiger partial charge >= 0.3 is 0 Å². The molecule has 0 saturated heterocycles. The van der Waals surface area contributed by atoms with Gasteiger partial charge in [-0.25, -0.2) is 0 Å². The Morgan fingerprint density at radius 1 is 0.814 bits per heavy atom. The molecule has 6 aromatic rings. The van der Waals surface area contributed by atoms with E-state index in [1.807, 2.05) is 39.0 Å². The maximum absolute atomic E-state index is 13.2. The van der Waals surface area contributed by atoms with Crippen LogP contribution in [0.3, 0.4) is 0 Å². The van der Waals surface area contributed by atoms with Crippen LogP contribution >= 0.6 is 23.1 Å². The quantitative estimate of drug-likeness (QED) is 0.0528. The highest BCUT2D eigenvalue weighted by Crippen LogP contribution is 2.39. The number of carbonyl (C=O) groups excluding carboxylic acids is 4. The van der Waals surface area contributed by atoms with E-state index in [9.17, 15) is 24.3 Å². The third-order valence-electron chi connectivity index (χ3n) is 8.78. The second kappa shape index (κ2) is 18.6. The van der Waals surface area contributed by atoms with Crippen LogP contribution in [0.2, 0.25) is 5.02 Å². The Hall–Kier alpha value is -6.84. The van der Waals surface area contributed by atoms with Gasteiger partial charge in [-0.05, 0) is 116 Å². The average molecular weight is 834 g/mol. The first kappa shape index (κ1) is 41.8. The zero-order valence-electron chi connectivity index (χ0n) is 32.7. The normalized spacial score (nSPS) is 11.6. The molecule has 0 radical (unpaired) electrons. The number of fused-ring (bicyclic) bond motifs is 1. The molecule has 6 rings (SSSR count). The van der Waals surface area contributed by atoms with E-state index in [2.05, 4.69) is 35.9 Å². The fourth-order valence-corrected chi connectivity index (χ4v) is 6.75. The minimum absolute atomic E-state index is 0.0606. The van der Waals surface area contributed by atoms with Crippen molar-refractivity contribution in [3.8, 4) is 17.2 Å². The van der Waals surface area contributed by atoms with E-state index in [4.69, 9.17) is 21.1 Å². The molecule has 0 saturated carbocycles. The number of carbonyl (C=O) groups is 4. The van der Waals surface area contributed by atoms with Crippen LogP contribution < -0.4 is 30.7 Å². The van der Waals surface area contributed by atoms with E-state index in [0.717, 1.165) is 22.7 Å². The standard InChI is InChI=1S/C43H40ClN7O7S/c1-6-38(58-39-16-7-23(2)17-24(39)3)42(56)48-29-11-15-34(44)28(18-29)22-57-32-12-8-27(9-13-32)41(55)47-30-10-14-33-35(19-30)51-59-43(33)50-49-31-20-36(45-25(4)52)40(54)37(21-31)46-26(5)53/h7-21,38,54H,6,22H2,1-5H3,(H,45,52)(H,46,53)(H,47,55)(H,48,56). The molecule has 1 aromatic heterocycles. The molecule has 0 aliphatic carbocycles. The first-order valence-electron chi connectivity index (χ1n) is 18.4. The molecule has 14 nitrogen and oxygen atoms in total. The number of hydrogen-bond acceptors (Lipinski definition) is 11. The van der Waals surface area contributed by atoms with Gasteiger partial charge < -0.3 is 35.8 Å². The van der Waals surface area contributed by atoms with Gasteiger partial charge in [0.05, 0.1) is 22.6 Å². The van der Waals surface area contributed by atoms with Crippen LogP contribution in [0.1, 0.15) is 54.2 Å². The fraction of sp³-hybridized carbons (Fsp3) is 0.186. The van der Waals surface area contributed by atoms with E-state index in [1.54, 1.807) is 60.7 Å². The van der Waals surface area contributed by atoms with Crippen LogP contribution in [-0.2, 0) is 21.0 Å². The van der Waals surface area contributed by atoms with Crippen LogP contribution in [0.25, 0.3) is 10.9 Å². The number of phenolic OH excluding ortho intramolecular Hbond substituents is 1. The third kappa shape index (κ3) is 10.8. The molecule has 59 heavy (non-hydrogen) atoms. The predicted molar refractivity (Wildman–Crippen MR) is 230 cm³/mol. The van der Waals surface area contributed by atoms with Crippen molar-refractivity contribution in [2.24, 2.45) is 10.2 Å². The summed E-state index contributed by atoms with van der Waals surface area (Å²) in [6.45, 7) is 8.53. The lowest BCUT2D eigenvalue weighted by Crippen LogP contribution is -2.32. The van der Waals surface area contributed by atoms with Gasteiger partial charge in [-0.3, -0.25) is 19.2 Å². The number of nitrogens with zero attached hydrogens (tertiary/aromatic N) is 3. The maximum atomic E-state index is 13.2. The number of hydrogen-bond donors (Lipinski definition) is 5. The number of azo groups is 1. The summed E-state index contributed by atoms with van der Waals surface area (Å²) in [5.74, 6) is -0.607. The van der Waals surface area contributed by atoms with Gasteiger partial charge in [0.15, 0.2) is 16.9 Å². The number of amides is 4. The molecule has 1 unspecified atom stereocenters. The molecule has 5 N–H and O–H groups in total. The molecule has 1 atom stereocenters. The number of aryl methyl sites for hydroxylation is 2. The second-order valence-electron chi connectivity index (χ2n) is 13.5. The zero-order chi connectivity index (χ0) is 42.2. The van der Waals surface area contributed by atoms with E-state index in [1.165, 1.54) is 26.0 Å². The second-order valence-corrected chi connectivity index (χ2v) is 14.7. The number of aromatic hydroxyl groups is 1. The highest BCUT2D eigenvalue weighted by molar-refractivity contribution is 7.11. The number of phenols is 1. The van der Waals surface area contributed by atoms with Crippen LogP contribution in [0.5, 0.6) is 17.2 Å². The van der Waals surface area contributed by atoms with E-state index < -0.39 is 17.9 Å². The van der Waals surface area contributed by atoms with Gasteiger partial charge in [0.2, 0.25) is 11.8 Å². The summed E-state index contributed by atoms with van der Waals surface area (Å²) in [7, 11) is 0. The van der Waals surface area contributed by atoms with Crippen molar-refractivity contribution in [2.45, 2.75) is 53.8 Å². The first-order chi connectivity index (χ1) is 28.3. The number of aromatic nitrogens is 1. The van der Waals surface area contributed by atoms with E-state index in [0.29, 0.717) is 61.3 Å². The highest BCUT2D eigenvalue weighted by Gasteiger charge is 2.20. The Morgan fingerprint density at radius 3 is 2.15 bits per heavy atom. The molecule has 1 heterocycles. The van der Waals surface area contributed by atoms with Crippen LogP contribution in [0.4, 0.5) is 33.4 Å². The molecule has 0 aliphatic heterocycles. The minimum Gasteiger partial charge on any atom is -0.504 e. The van der Waals surface area contributed by atoms with Crippen molar-refractivity contribution < 1.29 is 33.8 Å². The van der Waals surface area contributed by atoms with Crippen molar-refractivity contribution >= 4 is 91.1 Å². The Bertz CT molecular complexity index is 2560. The van der Waals surface area contributed by atoms with E-state index >= 15 is 0 Å². The van der Waals surface area contributed by atoms with Crippen molar-refractivity contribution in [2.75, 3.05) is 21.3 Å². The van der Waals surface area contributed by atoms with Crippen molar-refractivity contribution in [1.29, 1.82) is 0 Å². The third-order valence-corrected chi connectivity index (χ3v) is 9.91. The zero-order valence-corrected chi connectivity index (χ0v) is 34.2. The molecular weight excluding hydrogens is 794 g/mol. The number of rotatable bonds is 14. The number of ether oxygens (including phenoxy) is 2. The summed E-state index contributed by atoms with van der Waals surface area (Å²) in [5, 5.41) is 31.5. The van der Waals surface area contributed by atoms with Gasteiger partial charge in [-0.15, -0.1) is 10.2 Å². The lowest BCUT2D eigenvalue weighted by Gasteiger charge is -2.19. The lowest BCUT2D eigenvalue weighted by atomic mass is 10.1. The fourth-order valence-electron chi connectivity index (χ4n) is 5.89. The lowest BCUT2D eigenvalue weighted by molar-refractivity contribution is -0.123. The summed E-state index contributed by atoms with van der Waals surface area (Å²) in [5.41, 5.74) is 5.14. The molecule has 302 valence electrons. The predicted octanol–water partition coefficient (Wildman–Crippen LogP) is 10.2. The monoisotopic (exact) mass is 833 g/mol. The van der Waals surface area contributed by atoms with Gasteiger partial charge in [-0.2, -0.15) is 4.37 Å². The van der Waals surface area contributed by atoms with Crippen LogP contribution in [0.15, 0.2) is 101 Å². The Labute approximate surface area is 348 Å². The van der Waals surface area contributed by atoms with Crippen molar-refractivity contribution in [3.63, 3.8) is 0 Å². The largest absolute Gasteiger partial charge is 0.504 e. The highest BCUT2D eigenvalue weighted by atomic mass is 35.5. The number of nitrogens with one attached hydrogen (secondary N) is 4. The SMILES string of the molecule is CCC(Oc1ccc(C)cc1C)C(=O)Nc1ccc(Cl)c(COc2ccc(C(=O)Nc3ccc4c(N=Nc5cc(NC(C)=O)c(O)c(NC(C)=O)c5)snc4c3)cc2)c1. The van der Waals surface area contributed by atoms with Gasteiger partial charge in [0.25, 0.3) is 11.8 Å². The molecule has 16 heteroatoms. The summed E-state index contributed by atoms with van der Waals surface area (Å²) < 4.78 is 16.5. The average Bonchev–Trinajstić information content (AvgIpc) is 3.60. The number of benzene rings is 5. The van der Waals surface area contributed by atoms with Gasteiger partial charge in [-0.1, -0.05) is 36.2 Å². The summed E-state index contributed by atoms with van der Waals surface area (Å²) >= 11 is 7.57. The Balaban J connectivity index is 1.05. The van der Waals surface area contributed by atoms with E-state index in [-0.39, 0.29) is 41.2 Å². The molecule has 5 aromatic carbocycles. The van der Waals surface area contributed by atoms with Crippen molar-refractivity contribution in [3.05, 3.63) is 118 Å². The van der Waals surface area contributed by atoms with Gasteiger partial charge in [0, 0.05) is 46.8 Å². The van der Waals surface area contributed by atoms with Gasteiger partial charge in [0.1, 0.15) is 18.1 Å². The molecule has 0 bridgehead atoms. The number of anilines is 4. The van der Waals surface area contributed by atoms with Crippen molar-refractivity contribution in [1.82, 2.24) is 4.37 Å². The molecule has 0 spiro atoms. The Morgan fingerprint density at radius 2 is 1.49 bits per heavy atom. The summed E-state index contributed by atoms with van der Waals surface area (Å²) in [6.07, 6.45) is -0.208. The maximum Gasteiger partial charge on any atom is 0.265 e. The number of halogens is 1. The first-order valence-corrected chi connectivity index (χ1v) is 19.5. The Kier molecular flexibility index (Phi) is 13.2. The van der Waals surface area contributed by atoms with Crippen LogP contribution in [0, 0.1) is 13.8 Å². The summed E-state index contributed by atoms with van der Waals surface area (Å²) in [6, 6.07) is 25.7. The molecule has 0 fully saturated rings. The van der Waals surface area contributed by atoms with Crippen LogP contribution in [-0.4, -0.2) is 39.2 Å². The molecule has 4 amide bonds. The topological polar surface area (TPSA) is 193 Å². The minimum atomic E-state index is -0.687. The summed E-state index contributed by atoms with van der Waals surface area (Å²) in [4.78, 5) is 49.6.